The lowest BCUT2D eigenvalue weighted by Gasteiger charge is -2.09. The molecule has 1 heterocycles. The Balaban J connectivity index is 1.31. The average Bonchev–Trinajstić information content (AvgIpc) is 3.57. The van der Waals surface area contributed by atoms with Gasteiger partial charge in [-0.3, -0.25) is 20.4 Å². The molecule has 0 aliphatic heterocycles. The van der Waals surface area contributed by atoms with Crippen molar-refractivity contribution in [3.05, 3.63) is 41.5 Å². The summed E-state index contributed by atoms with van der Waals surface area (Å²) in [7, 11) is 0. The van der Waals surface area contributed by atoms with Crippen LogP contribution in [0.3, 0.4) is 0 Å². The Hall–Kier alpha value is -2.42. The van der Waals surface area contributed by atoms with Gasteiger partial charge < -0.3 is 4.57 Å². The summed E-state index contributed by atoms with van der Waals surface area (Å²) in [4.78, 5) is 23.9. The number of aromatic nitrogens is 3. The summed E-state index contributed by atoms with van der Waals surface area (Å²) < 4.78 is 15.7. The summed E-state index contributed by atoms with van der Waals surface area (Å²) in [5, 5.41) is 9.25. The molecule has 2 aromatic rings. The van der Waals surface area contributed by atoms with Crippen molar-refractivity contribution in [2.75, 3.05) is 5.75 Å². The molecule has 4 rings (SSSR count). The van der Waals surface area contributed by atoms with Gasteiger partial charge in [-0.05, 0) is 37.8 Å². The molecule has 9 heteroatoms. The standard InChI is InChI=1S/C17H18FN5O2S/c18-13-4-2-1-3-12(13)16(25)21-19-14(24)9-26-17-22-20-15(10-5-6-10)23(17)11-7-8-11/h1-4,10-11H,5-9H2,(H,19,24)(H,21,25). The van der Waals surface area contributed by atoms with Gasteiger partial charge in [-0.2, -0.15) is 0 Å². The number of hydrogen-bond acceptors (Lipinski definition) is 5. The van der Waals surface area contributed by atoms with Crippen LogP contribution in [0.5, 0.6) is 0 Å². The van der Waals surface area contributed by atoms with Gasteiger partial charge in [0.1, 0.15) is 11.6 Å². The number of nitrogens with one attached hydrogen (secondary N) is 2. The highest BCUT2D eigenvalue weighted by Gasteiger charge is 2.36. The fraction of sp³-hybridized carbons (Fsp3) is 0.412. The Morgan fingerprint density at radius 1 is 1.15 bits per heavy atom. The van der Waals surface area contributed by atoms with E-state index in [-0.39, 0.29) is 11.3 Å². The molecule has 2 N–H and O–H groups in total. The van der Waals surface area contributed by atoms with Crippen molar-refractivity contribution < 1.29 is 14.0 Å². The number of rotatable bonds is 6. The summed E-state index contributed by atoms with van der Waals surface area (Å²) in [5.41, 5.74) is 4.40. The number of nitrogens with zero attached hydrogens (tertiary/aromatic N) is 3. The van der Waals surface area contributed by atoms with E-state index in [4.69, 9.17) is 0 Å². The van der Waals surface area contributed by atoms with E-state index in [1.54, 1.807) is 6.07 Å². The fourth-order valence-corrected chi connectivity index (χ4v) is 3.50. The van der Waals surface area contributed by atoms with Crippen molar-refractivity contribution in [1.82, 2.24) is 25.6 Å². The van der Waals surface area contributed by atoms with Crippen molar-refractivity contribution in [2.45, 2.75) is 42.8 Å². The Kier molecular flexibility index (Phi) is 4.62. The van der Waals surface area contributed by atoms with Gasteiger partial charge in [0.15, 0.2) is 5.16 Å². The second kappa shape index (κ2) is 7.06. The summed E-state index contributed by atoms with van der Waals surface area (Å²) in [5.74, 6) is -0.0995. The minimum Gasteiger partial charge on any atom is -0.303 e. The van der Waals surface area contributed by atoms with Crippen LogP contribution in [0.15, 0.2) is 29.4 Å². The molecule has 1 aromatic carbocycles. The number of halogens is 1. The van der Waals surface area contributed by atoms with E-state index in [1.165, 1.54) is 30.0 Å². The second-order valence-corrected chi connectivity index (χ2v) is 7.43. The number of hydrogen-bond donors (Lipinski definition) is 2. The van der Waals surface area contributed by atoms with E-state index >= 15 is 0 Å². The minimum absolute atomic E-state index is 0.0903. The quantitative estimate of drug-likeness (QED) is 0.597. The van der Waals surface area contributed by atoms with Gasteiger partial charge in [-0.25, -0.2) is 4.39 Å². The fourth-order valence-electron chi connectivity index (χ4n) is 2.69. The first-order valence-electron chi connectivity index (χ1n) is 8.55. The molecular formula is C17H18FN5O2S. The minimum atomic E-state index is -0.696. The molecule has 0 atom stereocenters. The smallest absolute Gasteiger partial charge is 0.272 e. The molecule has 1 aromatic heterocycles. The first-order chi connectivity index (χ1) is 12.6. The third-order valence-corrected chi connectivity index (χ3v) is 5.25. The molecule has 0 radical (unpaired) electrons. The molecule has 26 heavy (non-hydrogen) atoms. The van der Waals surface area contributed by atoms with Crippen LogP contribution in [-0.4, -0.2) is 32.3 Å². The number of carbonyl (C=O) groups is 2. The molecule has 136 valence electrons. The first-order valence-corrected chi connectivity index (χ1v) is 9.53. The summed E-state index contributed by atoms with van der Waals surface area (Å²) in [6.45, 7) is 0. The van der Waals surface area contributed by atoms with Crippen LogP contribution in [0.1, 0.15) is 53.8 Å². The number of amides is 2. The Morgan fingerprint density at radius 3 is 2.62 bits per heavy atom. The van der Waals surface area contributed by atoms with Gasteiger partial charge in [-0.15, -0.1) is 10.2 Å². The zero-order chi connectivity index (χ0) is 18.1. The van der Waals surface area contributed by atoms with Crippen molar-refractivity contribution in [3.8, 4) is 0 Å². The predicted octanol–water partition coefficient (Wildman–Crippen LogP) is 2.18. The topological polar surface area (TPSA) is 88.9 Å². The van der Waals surface area contributed by atoms with E-state index < -0.39 is 17.6 Å². The zero-order valence-corrected chi connectivity index (χ0v) is 14.8. The van der Waals surface area contributed by atoms with Gasteiger partial charge in [0.25, 0.3) is 5.91 Å². The maximum Gasteiger partial charge on any atom is 0.272 e. The molecule has 0 unspecified atom stereocenters. The molecule has 2 aliphatic carbocycles. The summed E-state index contributed by atoms with van der Waals surface area (Å²) >= 11 is 1.29. The van der Waals surface area contributed by atoms with E-state index in [9.17, 15) is 14.0 Å². The lowest BCUT2D eigenvalue weighted by atomic mass is 10.2. The van der Waals surface area contributed by atoms with Crippen LogP contribution < -0.4 is 10.9 Å². The Labute approximate surface area is 153 Å². The Bertz CT molecular complexity index is 847. The Morgan fingerprint density at radius 2 is 1.92 bits per heavy atom. The highest BCUT2D eigenvalue weighted by Crippen LogP contribution is 2.45. The largest absolute Gasteiger partial charge is 0.303 e. The van der Waals surface area contributed by atoms with E-state index in [1.807, 2.05) is 0 Å². The van der Waals surface area contributed by atoms with Gasteiger partial charge in [0.05, 0.1) is 11.3 Å². The SMILES string of the molecule is O=C(CSc1nnc(C2CC2)n1C1CC1)NNC(=O)c1ccccc1F. The number of thioether (sulfide) groups is 1. The van der Waals surface area contributed by atoms with Gasteiger partial charge in [0, 0.05) is 12.0 Å². The van der Waals surface area contributed by atoms with Gasteiger partial charge in [-0.1, -0.05) is 23.9 Å². The summed E-state index contributed by atoms with van der Waals surface area (Å²) in [6.07, 6.45) is 4.54. The lowest BCUT2D eigenvalue weighted by Crippen LogP contribution is -2.42. The van der Waals surface area contributed by atoms with Crippen molar-refractivity contribution in [2.24, 2.45) is 0 Å². The highest BCUT2D eigenvalue weighted by atomic mass is 32.2. The maximum atomic E-state index is 13.5. The third kappa shape index (κ3) is 3.72. The van der Waals surface area contributed by atoms with Crippen molar-refractivity contribution in [3.63, 3.8) is 0 Å². The van der Waals surface area contributed by atoms with E-state index in [2.05, 4.69) is 25.6 Å². The first kappa shape index (κ1) is 17.0. The van der Waals surface area contributed by atoms with E-state index in [0.29, 0.717) is 12.0 Å². The monoisotopic (exact) mass is 375 g/mol. The average molecular weight is 375 g/mol. The van der Waals surface area contributed by atoms with Crippen LogP contribution in [0.25, 0.3) is 0 Å². The molecule has 2 amide bonds. The molecule has 0 saturated heterocycles. The normalized spacial score (nSPS) is 16.3. The lowest BCUT2D eigenvalue weighted by molar-refractivity contribution is -0.119. The van der Waals surface area contributed by atoms with E-state index in [0.717, 1.165) is 36.7 Å². The van der Waals surface area contributed by atoms with Crippen LogP contribution in [0, 0.1) is 5.82 Å². The van der Waals surface area contributed by atoms with Crippen molar-refractivity contribution in [1.29, 1.82) is 0 Å². The van der Waals surface area contributed by atoms with Crippen molar-refractivity contribution >= 4 is 23.6 Å². The second-order valence-electron chi connectivity index (χ2n) is 6.49. The number of hydrazine groups is 1. The molecule has 2 fully saturated rings. The predicted molar refractivity (Wildman–Crippen MR) is 93.0 cm³/mol. The third-order valence-electron chi connectivity index (χ3n) is 4.31. The zero-order valence-electron chi connectivity index (χ0n) is 13.9. The molecule has 0 spiro atoms. The summed E-state index contributed by atoms with van der Waals surface area (Å²) in [6, 6.07) is 6.04. The van der Waals surface area contributed by atoms with Crippen LogP contribution in [-0.2, 0) is 4.79 Å². The van der Waals surface area contributed by atoms with Crippen LogP contribution >= 0.6 is 11.8 Å². The number of carbonyl (C=O) groups excluding carboxylic acids is 2. The number of benzene rings is 1. The highest BCUT2D eigenvalue weighted by molar-refractivity contribution is 7.99. The van der Waals surface area contributed by atoms with Crippen LogP contribution in [0.2, 0.25) is 0 Å². The molecule has 0 bridgehead atoms. The molecule has 2 saturated carbocycles. The molecular weight excluding hydrogens is 357 g/mol. The van der Waals surface area contributed by atoms with Gasteiger partial charge in [0.2, 0.25) is 5.91 Å². The van der Waals surface area contributed by atoms with Crippen LogP contribution in [0.4, 0.5) is 4.39 Å². The maximum absolute atomic E-state index is 13.5. The molecule has 7 nitrogen and oxygen atoms in total. The van der Waals surface area contributed by atoms with Gasteiger partial charge >= 0.3 is 0 Å². The molecule has 2 aliphatic rings.